The fourth-order valence-corrected chi connectivity index (χ4v) is 1.43. The van der Waals surface area contributed by atoms with Crippen molar-refractivity contribution >= 4 is 5.84 Å². The topological polar surface area (TPSA) is 90.0 Å². The van der Waals surface area contributed by atoms with Gasteiger partial charge in [-0.2, -0.15) is 0 Å². The Morgan fingerprint density at radius 2 is 2.28 bits per heavy atom. The van der Waals surface area contributed by atoms with E-state index >= 15 is 0 Å². The third-order valence-electron chi connectivity index (χ3n) is 2.21. The monoisotopic (exact) mass is 253 g/mol. The zero-order chi connectivity index (χ0) is 13.5. The number of hydrogen-bond donors (Lipinski definition) is 2. The van der Waals surface area contributed by atoms with Crippen LogP contribution in [0.5, 0.6) is 5.88 Å². The molecule has 0 aromatic carbocycles. The maximum absolute atomic E-state index is 8.65. The van der Waals surface area contributed by atoms with E-state index in [-0.39, 0.29) is 11.9 Å². The first-order valence-corrected chi connectivity index (χ1v) is 5.77. The van der Waals surface area contributed by atoms with Gasteiger partial charge >= 0.3 is 0 Å². The Morgan fingerprint density at radius 3 is 2.89 bits per heavy atom. The van der Waals surface area contributed by atoms with Crippen LogP contribution in [0.25, 0.3) is 0 Å². The Morgan fingerprint density at radius 1 is 1.56 bits per heavy atom. The van der Waals surface area contributed by atoms with Gasteiger partial charge in [0.05, 0.1) is 6.61 Å². The van der Waals surface area contributed by atoms with Crippen LogP contribution in [0.3, 0.4) is 0 Å². The molecule has 1 atom stereocenters. The number of aromatic nitrogens is 1. The molecule has 6 nitrogen and oxygen atoms in total. The molecule has 1 heterocycles. The van der Waals surface area contributed by atoms with E-state index in [2.05, 4.69) is 10.1 Å². The third kappa shape index (κ3) is 4.21. The van der Waals surface area contributed by atoms with E-state index in [1.165, 1.54) is 0 Å². The highest BCUT2D eigenvalue weighted by Crippen LogP contribution is 2.14. The van der Waals surface area contributed by atoms with Gasteiger partial charge in [-0.15, -0.1) is 0 Å². The van der Waals surface area contributed by atoms with Crippen LogP contribution < -0.4 is 10.5 Å². The summed E-state index contributed by atoms with van der Waals surface area (Å²) in [6, 6.07) is 3.35. The molecule has 0 spiro atoms. The van der Waals surface area contributed by atoms with Gasteiger partial charge in [0.1, 0.15) is 6.10 Å². The summed E-state index contributed by atoms with van der Waals surface area (Å²) < 4.78 is 10.9. The molecule has 1 rings (SSSR count). The molecule has 0 saturated carbocycles. The molecule has 1 aromatic rings. The Balaban J connectivity index is 2.80. The van der Waals surface area contributed by atoms with Crippen LogP contribution in [-0.4, -0.2) is 35.3 Å². The van der Waals surface area contributed by atoms with Gasteiger partial charge in [0.25, 0.3) is 0 Å². The van der Waals surface area contributed by atoms with Crippen LogP contribution in [0, 0.1) is 6.92 Å². The van der Waals surface area contributed by atoms with Gasteiger partial charge in [-0.1, -0.05) is 5.16 Å². The Labute approximate surface area is 106 Å². The molecule has 0 aliphatic rings. The second-order valence-electron chi connectivity index (χ2n) is 3.91. The molecular weight excluding hydrogens is 234 g/mol. The second kappa shape index (κ2) is 6.80. The third-order valence-corrected chi connectivity index (χ3v) is 2.21. The van der Waals surface area contributed by atoms with Crippen molar-refractivity contribution in [3.63, 3.8) is 0 Å². The molecule has 3 N–H and O–H groups in total. The summed E-state index contributed by atoms with van der Waals surface area (Å²) in [5.41, 5.74) is 6.84. The van der Waals surface area contributed by atoms with Gasteiger partial charge in [-0.3, -0.25) is 0 Å². The van der Waals surface area contributed by atoms with Crippen LogP contribution in [0.15, 0.2) is 17.3 Å². The zero-order valence-electron chi connectivity index (χ0n) is 10.9. The number of nitrogens with two attached hydrogens (primary N) is 1. The fourth-order valence-electron chi connectivity index (χ4n) is 1.43. The van der Waals surface area contributed by atoms with Gasteiger partial charge in [0.2, 0.25) is 5.88 Å². The lowest BCUT2D eigenvalue weighted by Crippen LogP contribution is -2.20. The van der Waals surface area contributed by atoms with Gasteiger partial charge < -0.3 is 20.4 Å². The molecule has 0 saturated heterocycles. The van der Waals surface area contributed by atoms with Crippen molar-refractivity contribution in [2.75, 3.05) is 13.2 Å². The van der Waals surface area contributed by atoms with E-state index in [1.807, 2.05) is 20.8 Å². The minimum absolute atomic E-state index is 0.0304. The molecule has 0 radical (unpaired) electrons. The number of oxime groups is 1. The van der Waals surface area contributed by atoms with Crippen molar-refractivity contribution in [1.82, 2.24) is 4.98 Å². The van der Waals surface area contributed by atoms with Crippen LogP contribution in [-0.2, 0) is 4.74 Å². The predicted octanol–water partition coefficient (Wildman–Crippen LogP) is 1.29. The summed E-state index contributed by atoms with van der Waals surface area (Å²) in [6.07, 6.45) is -0.112. The van der Waals surface area contributed by atoms with Crippen molar-refractivity contribution in [3.05, 3.63) is 23.4 Å². The number of rotatable bonds is 6. The van der Waals surface area contributed by atoms with Gasteiger partial charge in [-0.05, 0) is 26.8 Å². The van der Waals surface area contributed by atoms with Crippen molar-refractivity contribution in [1.29, 1.82) is 0 Å². The number of nitrogens with zero attached hydrogens (tertiary/aromatic N) is 2. The summed E-state index contributed by atoms with van der Waals surface area (Å²) in [6.45, 7) is 6.76. The summed E-state index contributed by atoms with van der Waals surface area (Å²) in [5, 5.41) is 11.6. The van der Waals surface area contributed by atoms with E-state index in [1.54, 1.807) is 12.1 Å². The molecule has 0 aliphatic carbocycles. The SMILES string of the molecule is CCOCC(C)Oc1cc(/C(N)=N/O)cc(C)n1. The molecule has 0 amide bonds. The minimum atomic E-state index is -0.112. The van der Waals surface area contributed by atoms with Crippen LogP contribution in [0.2, 0.25) is 0 Å². The number of pyridine rings is 1. The van der Waals surface area contributed by atoms with Gasteiger partial charge in [0.15, 0.2) is 5.84 Å². The summed E-state index contributed by atoms with van der Waals surface area (Å²) in [4.78, 5) is 4.23. The number of amidine groups is 1. The number of hydrogen-bond acceptors (Lipinski definition) is 5. The van der Waals surface area contributed by atoms with Crippen molar-refractivity contribution in [3.8, 4) is 5.88 Å². The largest absolute Gasteiger partial charge is 0.472 e. The molecular formula is C12H19N3O3. The van der Waals surface area contributed by atoms with Crippen molar-refractivity contribution in [2.45, 2.75) is 26.9 Å². The van der Waals surface area contributed by atoms with E-state index in [4.69, 9.17) is 20.4 Å². The van der Waals surface area contributed by atoms with E-state index in [0.29, 0.717) is 24.7 Å². The molecule has 1 aromatic heterocycles. The Hall–Kier alpha value is -1.82. The smallest absolute Gasteiger partial charge is 0.214 e. The maximum Gasteiger partial charge on any atom is 0.214 e. The normalized spacial score (nSPS) is 13.4. The van der Waals surface area contributed by atoms with E-state index in [9.17, 15) is 0 Å². The molecule has 0 fully saturated rings. The van der Waals surface area contributed by atoms with Crippen LogP contribution in [0.1, 0.15) is 25.1 Å². The Bertz CT molecular complexity index is 421. The van der Waals surface area contributed by atoms with Crippen molar-refractivity contribution < 1.29 is 14.7 Å². The molecule has 18 heavy (non-hydrogen) atoms. The van der Waals surface area contributed by atoms with Crippen LogP contribution >= 0.6 is 0 Å². The maximum atomic E-state index is 8.65. The van der Waals surface area contributed by atoms with Crippen molar-refractivity contribution in [2.24, 2.45) is 10.9 Å². The molecule has 1 unspecified atom stereocenters. The minimum Gasteiger partial charge on any atom is -0.472 e. The van der Waals surface area contributed by atoms with Gasteiger partial charge in [0, 0.05) is 23.9 Å². The first kappa shape index (κ1) is 14.2. The summed E-state index contributed by atoms with van der Waals surface area (Å²) in [7, 11) is 0. The summed E-state index contributed by atoms with van der Waals surface area (Å²) >= 11 is 0. The average molecular weight is 253 g/mol. The lowest BCUT2D eigenvalue weighted by molar-refractivity contribution is 0.0633. The molecule has 6 heteroatoms. The van der Waals surface area contributed by atoms with Gasteiger partial charge in [-0.25, -0.2) is 4.98 Å². The van der Waals surface area contributed by atoms with Crippen LogP contribution in [0.4, 0.5) is 0 Å². The fraction of sp³-hybridized carbons (Fsp3) is 0.500. The highest BCUT2D eigenvalue weighted by Gasteiger charge is 2.09. The van der Waals surface area contributed by atoms with E-state index in [0.717, 1.165) is 5.69 Å². The first-order chi connectivity index (χ1) is 8.56. The standard InChI is InChI=1S/C12H19N3O3/c1-4-17-7-9(3)18-11-6-10(12(13)15-16)5-8(2)14-11/h5-6,9,16H,4,7H2,1-3H3,(H2,13,15). The lowest BCUT2D eigenvalue weighted by Gasteiger charge is -2.14. The van der Waals surface area contributed by atoms with E-state index < -0.39 is 0 Å². The molecule has 100 valence electrons. The quantitative estimate of drug-likeness (QED) is 0.345. The summed E-state index contributed by atoms with van der Waals surface area (Å²) in [5.74, 6) is 0.464. The molecule has 0 bridgehead atoms. The Kier molecular flexibility index (Phi) is 5.38. The predicted molar refractivity (Wildman–Crippen MR) is 68.1 cm³/mol. The first-order valence-electron chi connectivity index (χ1n) is 5.77. The zero-order valence-corrected chi connectivity index (χ0v) is 10.9. The highest BCUT2D eigenvalue weighted by molar-refractivity contribution is 5.97. The number of aryl methyl sites for hydroxylation is 1. The second-order valence-corrected chi connectivity index (χ2v) is 3.91. The molecule has 0 aliphatic heterocycles. The average Bonchev–Trinajstić information content (AvgIpc) is 2.34. The number of ether oxygens (including phenoxy) is 2. The highest BCUT2D eigenvalue weighted by atomic mass is 16.5. The lowest BCUT2D eigenvalue weighted by atomic mass is 10.2.